The van der Waals surface area contributed by atoms with Gasteiger partial charge in [-0.05, 0) is 13.3 Å². The van der Waals surface area contributed by atoms with Gasteiger partial charge in [0, 0.05) is 5.92 Å². The first-order valence-corrected chi connectivity index (χ1v) is 4.30. The van der Waals surface area contributed by atoms with Crippen molar-refractivity contribution in [3.63, 3.8) is 0 Å². The van der Waals surface area contributed by atoms with Crippen molar-refractivity contribution in [1.29, 1.82) is 5.26 Å². The SMILES string of the molecule is CCOC(=O)[C@@](F)(C#N)[C@H](C)CC. The molecule has 0 amide bonds. The van der Waals surface area contributed by atoms with Crippen LogP contribution < -0.4 is 0 Å². The maximum atomic E-state index is 13.7. The second kappa shape index (κ2) is 4.80. The number of alkyl halides is 1. The summed E-state index contributed by atoms with van der Waals surface area (Å²) in [6.45, 7) is 4.89. The normalized spacial score (nSPS) is 16.8. The van der Waals surface area contributed by atoms with E-state index in [-0.39, 0.29) is 6.61 Å². The molecule has 0 rings (SSSR count). The van der Waals surface area contributed by atoms with E-state index in [4.69, 9.17) is 5.26 Å². The third-order valence-corrected chi connectivity index (χ3v) is 2.03. The Morgan fingerprint density at radius 1 is 1.69 bits per heavy atom. The van der Waals surface area contributed by atoms with E-state index in [1.54, 1.807) is 13.8 Å². The zero-order valence-corrected chi connectivity index (χ0v) is 8.13. The van der Waals surface area contributed by atoms with Gasteiger partial charge in [-0.2, -0.15) is 5.26 Å². The quantitative estimate of drug-likeness (QED) is 0.631. The van der Waals surface area contributed by atoms with Crippen molar-refractivity contribution in [2.45, 2.75) is 32.9 Å². The molecule has 0 aliphatic carbocycles. The summed E-state index contributed by atoms with van der Waals surface area (Å²) in [6.07, 6.45) is 0.420. The summed E-state index contributed by atoms with van der Waals surface area (Å²) in [5.41, 5.74) is -2.50. The summed E-state index contributed by atoms with van der Waals surface area (Å²) in [6, 6.07) is 1.37. The van der Waals surface area contributed by atoms with Crippen LogP contribution in [0.1, 0.15) is 27.2 Å². The number of carbonyl (C=O) groups excluding carboxylic acids is 1. The van der Waals surface area contributed by atoms with Crippen molar-refractivity contribution in [2.24, 2.45) is 5.92 Å². The minimum absolute atomic E-state index is 0.0859. The number of hydrogen-bond acceptors (Lipinski definition) is 3. The predicted octanol–water partition coefficient (Wildman–Crippen LogP) is 1.83. The van der Waals surface area contributed by atoms with Crippen LogP contribution in [0.4, 0.5) is 4.39 Å². The van der Waals surface area contributed by atoms with Crippen molar-refractivity contribution in [3.05, 3.63) is 0 Å². The lowest BCUT2D eigenvalue weighted by Gasteiger charge is -2.21. The van der Waals surface area contributed by atoms with E-state index in [2.05, 4.69) is 4.74 Å². The van der Waals surface area contributed by atoms with E-state index in [9.17, 15) is 9.18 Å². The second-order valence-corrected chi connectivity index (χ2v) is 2.85. The molecule has 0 aromatic rings. The lowest BCUT2D eigenvalue weighted by atomic mass is 9.90. The zero-order chi connectivity index (χ0) is 10.5. The summed E-state index contributed by atoms with van der Waals surface area (Å²) in [5, 5.41) is 8.56. The highest BCUT2D eigenvalue weighted by molar-refractivity contribution is 5.83. The van der Waals surface area contributed by atoms with E-state index >= 15 is 0 Å². The van der Waals surface area contributed by atoms with Crippen LogP contribution in [0.5, 0.6) is 0 Å². The number of ether oxygens (including phenoxy) is 1. The number of nitriles is 1. The molecular weight excluding hydrogens is 173 g/mol. The Balaban J connectivity index is 4.64. The van der Waals surface area contributed by atoms with Gasteiger partial charge in [0.1, 0.15) is 6.07 Å². The Hall–Kier alpha value is -1.11. The smallest absolute Gasteiger partial charge is 0.359 e. The van der Waals surface area contributed by atoms with Gasteiger partial charge in [0.25, 0.3) is 5.67 Å². The number of carbonyl (C=O) groups is 1. The number of rotatable bonds is 4. The summed E-state index contributed by atoms with van der Waals surface area (Å²) in [5.74, 6) is -1.72. The summed E-state index contributed by atoms with van der Waals surface area (Å²) in [4.78, 5) is 11.1. The molecule has 0 aromatic carbocycles. The molecule has 4 heteroatoms. The maximum absolute atomic E-state index is 13.7. The third-order valence-electron chi connectivity index (χ3n) is 2.03. The van der Waals surface area contributed by atoms with Gasteiger partial charge < -0.3 is 4.74 Å². The topological polar surface area (TPSA) is 50.1 Å². The Bertz CT molecular complexity index is 224. The monoisotopic (exact) mass is 187 g/mol. The van der Waals surface area contributed by atoms with Gasteiger partial charge in [-0.1, -0.05) is 13.8 Å². The molecular formula is C9H14FNO2. The summed E-state index contributed by atoms with van der Waals surface area (Å²) < 4.78 is 18.1. The van der Waals surface area contributed by atoms with Crippen molar-refractivity contribution in [2.75, 3.05) is 6.61 Å². The van der Waals surface area contributed by atoms with E-state index in [1.165, 1.54) is 13.0 Å². The molecule has 0 fully saturated rings. The maximum Gasteiger partial charge on any atom is 0.359 e. The zero-order valence-electron chi connectivity index (χ0n) is 8.13. The Morgan fingerprint density at radius 2 is 2.23 bits per heavy atom. The number of esters is 1. The van der Waals surface area contributed by atoms with E-state index in [1.807, 2.05) is 0 Å². The fourth-order valence-corrected chi connectivity index (χ4v) is 0.874. The molecule has 0 N–H and O–H groups in total. The second-order valence-electron chi connectivity index (χ2n) is 2.85. The lowest BCUT2D eigenvalue weighted by molar-refractivity contribution is -0.156. The first kappa shape index (κ1) is 11.9. The molecule has 0 aliphatic heterocycles. The highest BCUT2D eigenvalue weighted by Crippen LogP contribution is 2.25. The molecule has 74 valence electrons. The van der Waals surface area contributed by atoms with Crippen molar-refractivity contribution < 1.29 is 13.9 Å². The first-order valence-electron chi connectivity index (χ1n) is 4.30. The third kappa shape index (κ3) is 2.41. The van der Waals surface area contributed by atoms with Crippen LogP contribution in [-0.2, 0) is 9.53 Å². The van der Waals surface area contributed by atoms with Crippen LogP contribution in [0, 0.1) is 17.2 Å². The van der Waals surface area contributed by atoms with E-state index < -0.39 is 17.6 Å². The molecule has 2 atom stereocenters. The standard InChI is InChI=1S/C9H14FNO2/c1-4-7(3)9(10,6-11)8(12)13-5-2/h7H,4-5H2,1-3H3/t7-,9-/m1/s1. The molecule has 0 saturated heterocycles. The molecule has 0 saturated carbocycles. The van der Waals surface area contributed by atoms with Gasteiger partial charge in [0.15, 0.2) is 0 Å². The summed E-state index contributed by atoms with van der Waals surface area (Å²) >= 11 is 0. The molecule has 0 spiro atoms. The molecule has 0 radical (unpaired) electrons. The first-order chi connectivity index (χ1) is 6.02. The highest BCUT2D eigenvalue weighted by Gasteiger charge is 2.45. The molecule has 0 bridgehead atoms. The Morgan fingerprint density at radius 3 is 2.54 bits per heavy atom. The fourth-order valence-electron chi connectivity index (χ4n) is 0.874. The van der Waals surface area contributed by atoms with E-state index in [0.29, 0.717) is 6.42 Å². The molecule has 3 nitrogen and oxygen atoms in total. The van der Waals surface area contributed by atoms with Gasteiger partial charge in [-0.3, -0.25) is 0 Å². The summed E-state index contributed by atoms with van der Waals surface area (Å²) in [7, 11) is 0. The van der Waals surface area contributed by atoms with Gasteiger partial charge >= 0.3 is 5.97 Å². The molecule has 13 heavy (non-hydrogen) atoms. The van der Waals surface area contributed by atoms with Crippen molar-refractivity contribution in [3.8, 4) is 6.07 Å². The minimum atomic E-state index is -2.50. The number of nitrogens with zero attached hydrogens (tertiary/aromatic N) is 1. The average Bonchev–Trinajstić information content (AvgIpc) is 2.15. The van der Waals surface area contributed by atoms with Crippen LogP contribution in [0.15, 0.2) is 0 Å². The van der Waals surface area contributed by atoms with Gasteiger partial charge in [0.05, 0.1) is 6.61 Å². The molecule has 0 heterocycles. The van der Waals surface area contributed by atoms with Crippen LogP contribution in [0.3, 0.4) is 0 Å². The Labute approximate surface area is 77.5 Å². The predicted molar refractivity (Wildman–Crippen MR) is 45.5 cm³/mol. The molecule has 0 aliphatic rings. The highest BCUT2D eigenvalue weighted by atomic mass is 19.1. The Kier molecular flexibility index (Phi) is 4.39. The van der Waals surface area contributed by atoms with Crippen molar-refractivity contribution >= 4 is 5.97 Å². The lowest BCUT2D eigenvalue weighted by Crippen LogP contribution is -2.40. The van der Waals surface area contributed by atoms with Crippen LogP contribution in [0.2, 0.25) is 0 Å². The van der Waals surface area contributed by atoms with Crippen molar-refractivity contribution in [1.82, 2.24) is 0 Å². The van der Waals surface area contributed by atoms with Crippen LogP contribution in [-0.4, -0.2) is 18.2 Å². The van der Waals surface area contributed by atoms with Crippen LogP contribution >= 0.6 is 0 Å². The molecule has 0 aromatic heterocycles. The number of hydrogen-bond donors (Lipinski definition) is 0. The molecule has 0 unspecified atom stereocenters. The van der Waals surface area contributed by atoms with Gasteiger partial charge in [0.2, 0.25) is 0 Å². The van der Waals surface area contributed by atoms with Gasteiger partial charge in [-0.25, -0.2) is 9.18 Å². The minimum Gasteiger partial charge on any atom is -0.463 e. The number of halogens is 1. The van der Waals surface area contributed by atoms with Crippen LogP contribution in [0.25, 0.3) is 0 Å². The largest absolute Gasteiger partial charge is 0.463 e. The fraction of sp³-hybridized carbons (Fsp3) is 0.778. The average molecular weight is 187 g/mol. The van der Waals surface area contributed by atoms with E-state index in [0.717, 1.165) is 0 Å². The van der Waals surface area contributed by atoms with Gasteiger partial charge in [-0.15, -0.1) is 0 Å².